The van der Waals surface area contributed by atoms with Crippen LogP contribution in [0.4, 0.5) is 0 Å². The number of carbonyl (C=O) groups excluding carboxylic acids is 1. The van der Waals surface area contributed by atoms with Gasteiger partial charge in [0.05, 0.1) is 6.04 Å². The third kappa shape index (κ3) is 4.03. The molecule has 3 nitrogen and oxygen atoms in total. The Kier molecular flexibility index (Phi) is 5.61. The number of para-hydroxylation sites is 1. The zero-order valence-corrected chi connectivity index (χ0v) is 16.2. The summed E-state index contributed by atoms with van der Waals surface area (Å²) in [5.41, 5.74) is 3.84. The maximum atomic E-state index is 12.4. The molecule has 2 N–H and O–H groups in total. The molecule has 4 rings (SSSR count). The van der Waals surface area contributed by atoms with Gasteiger partial charge in [0.25, 0.3) is 0 Å². The minimum atomic E-state index is 0.158. The van der Waals surface area contributed by atoms with E-state index < -0.39 is 0 Å². The van der Waals surface area contributed by atoms with E-state index in [0.717, 1.165) is 30.9 Å². The molecule has 1 aliphatic carbocycles. The van der Waals surface area contributed by atoms with E-state index in [-0.39, 0.29) is 11.9 Å². The van der Waals surface area contributed by atoms with Crippen molar-refractivity contribution in [2.75, 3.05) is 5.75 Å². The Labute approximate surface area is 157 Å². The number of aryl methyl sites for hydroxylation is 1. The van der Waals surface area contributed by atoms with Crippen LogP contribution in [0, 0.1) is 0 Å². The molecule has 1 aromatic carbocycles. The molecule has 1 fully saturated rings. The van der Waals surface area contributed by atoms with Crippen molar-refractivity contribution in [2.24, 2.45) is 0 Å². The van der Waals surface area contributed by atoms with Crippen molar-refractivity contribution in [2.45, 2.75) is 62.7 Å². The number of amides is 1. The summed E-state index contributed by atoms with van der Waals surface area (Å²) in [4.78, 5) is 16.0. The van der Waals surface area contributed by atoms with Gasteiger partial charge in [-0.25, -0.2) is 0 Å². The lowest BCUT2D eigenvalue weighted by Gasteiger charge is -2.24. The number of rotatable bonds is 6. The summed E-state index contributed by atoms with van der Waals surface area (Å²) >= 11 is 0. The normalized spacial score (nSPS) is 22.9. The minimum absolute atomic E-state index is 0.158. The van der Waals surface area contributed by atoms with Crippen molar-refractivity contribution in [1.29, 1.82) is 0 Å². The number of fused-ring (bicyclic) bond motifs is 3. The van der Waals surface area contributed by atoms with Crippen molar-refractivity contribution in [1.82, 2.24) is 10.3 Å². The first-order valence-electron chi connectivity index (χ1n) is 9.48. The number of unbranched alkanes of at least 4 members (excludes halogenated alkanes) is 1. The fourth-order valence-corrected chi connectivity index (χ4v) is 7.08. The van der Waals surface area contributed by atoms with E-state index in [0.29, 0.717) is 6.42 Å². The summed E-state index contributed by atoms with van der Waals surface area (Å²) in [6, 6.07) is 8.64. The molecule has 134 valence electrons. The topological polar surface area (TPSA) is 44.9 Å². The van der Waals surface area contributed by atoms with Crippen molar-refractivity contribution < 1.29 is 4.79 Å². The van der Waals surface area contributed by atoms with E-state index in [4.69, 9.17) is 0 Å². The molecule has 0 saturated carbocycles. The van der Waals surface area contributed by atoms with E-state index in [1.54, 1.807) is 0 Å². The van der Waals surface area contributed by atoms with Gasteiger partial charge in [0, 0.05) is 34.0 Å². The highest BCUT2D eigenvalue weighted by Gasteiger charge is 2.25. The van der Waals surface area contributed by atoms with E-state index in [1.165, 1.54) is 47.2 Å². The summed E-state index contributed by atoms with van der Waals surface area (Å²) in [5.74, 6) is 1.51. The first kappa shape index (κ1) is 17.3. The highest BCUT2D eigenvalue weighted by Crippen LogP contribution is 2.40. The molecule has 0 bridgehead atoms. The molecule has 2 heterocycles. The lowest BCUT2D eigenvalue weighted by Crippen LogP contribution is -2.30. The van der Waals surface area contributed by atoms with Crippen molar-refractivity contribution in [3.05, 3.63) is 35.5 Å². The fourth-order valence-electron chi connectivity index (χ4n) is 4.05. The molecule has 2 aromatic rings. The number of aromatic amines is 1. The lowest BCUT2D eigenvalue weighted by molar-refractivity contribution is -0.122. The second-order valence-corrected chi connectivity index (χ2v) is 9.94. The third-order valence-electron chi connectivity index (χ3n) is 5.36. The van der Waals surface area contributed by atoms with E-state index in [9.17, 15) is 4.79 Å². The highest BCUT2D eigenvalue weighted by molar-refractivity contribution is 8.77. The SMILES string of the molecule is O=C(CCCC[C@@H]1CCSS1)N[C@@H]1CCCc2c1[nH]c1ccccc21. The van der Waals surface area contributed by atoms with Gasteiger partial charge < -0.3 is 10.3 Å². The summed E-state index contributed by atoms with van der Waals surface area (Å²) in [6.07, 6.45) is 8.76. The van der Waals surface area contributed by atoms with Crippen LogP contribution in [-0.4, -0.2) is 21.9 Å². The molecule has 1 aliphatic heterocycles. The molecular formula is C20H26N2OS2. The Bertz CT molecular complexity index is 736. The lowest BCUT2D eigenvalue weighted by atomic mass is 9.91. The van der Waals surface area contributed by atoms with Crippen molar-refractivity contribution >= 4 is 38.4 Å². The predicted molar refractivity (Wildman–Crippen MR) is 109 cm³/mol. The van der Waals surface area contributed by atoms with E-state index >= 15 is 0 Å². The average molecular weight is 375 g/mol. The van der Waals surface area contributed by atoms with Crippen molar-refractivity contribution in [3.63, 3.8) is 0 Å². The van der Waals surface area contributed by atoms with Gasteiger partial charge in [-0.3, -0.25) is 4.79 Å². The van der Waals surface area contributed by atoms with Crippen LogP contribution in [0.1, 0.15) is 62.2 Å². The van der Waals surface area contributed by atoms with Gasteiger partial charge in [-0.1, -0.05) is 46.2 Å². The number of benzene rings is 1. The van der Waals surface area contributed by atoms with E-state index in [2.05, 4.69) is 34.6 Å². The standard InChI is InChI=1S/C20H26N2OS2/c23-19(11-4-1-6-14-12-13-24-25-14)21-18-10-5-8-16-15-7-2-3-9-17(15)22-20(16)18/h2-3,7,9,14,18,22H,1,4-6,8,10-13H2,(H,21,23)/t14-,18-/m1/s1. The van der Waals surface area contributed by atoms with Gasteiger partial charge in [-0.15, -0.1) is 0 Å². The summed E-state index contributed by atoms with van der Waals surface area (Å²) in [6.45, 7) is 0. The Balaban J connectivity index is 1.31. The number of carbonyl (C=O) groups is 1. The molecule has 0 spiro atoms. The minimum Gasteiger partial charge on any atom is -0.356 e. The Morgan fingerprint density at radius 2 is 2.16 bits per heavy atom. The molecule has 0 unspecified atom stereocenters. The second kappa shape index (κ2) is 8.09. The van der Waals surface area contributed by atoms with Gasteiger partial charge in [0.1, 0.15) is 0 Å². The van der Waals surface area contributed by atoms with Crippen LogP contribution in [0.5, 0.6) is 0 Å². The first-order chi connectivity index (χ1) is 12.3. The number of hydrogen-bond acceptors (Lipinski definition) is 3. The van der Waals surface area contributed by atoms with Crippen LogP contribution in [0.15, 0.2) is 24.3 Å². The number of hydrogen-bond donors (Lipinski definition) is 2. The molecule has 2 aliphatic rings. The quantitative estimate of drug-likeness (QED) is 0.527. The molecule has 25 heavy (non-hydrogen) atoms. The predicted octanol–water partition coefficient (Wildman–Crippen LogP) is 5.38. The Hall–Kier alpha value is -1.07. The maximum absolute atomic E-state index is 12.4. The zero-order valence-electron chi connectivity index (χ0n) is 14.6. The number of aromatic nitrogens is 1. The molecular weight excluding hydrogens is 348 g/mol. The van der Waals surface area contributed by atoms with E-state index in [1.807, 2.05) is 21.6 Å². The number of H-pyrrole nitrogens is 1. The number of nitrogens with one attached hydrogen (secondary N) is 2. The average Bonchev–Trinajstić information content (AvgIpc) is 3.27. The van der Waals surface area contributed by atoms with Crippen molar-refractivity contribution in [3.8, 4) is 0 Å². The van der Waals surface area contributed by atoms with Gasteiger partial charge >= 0.3 is 0 Å². The van der Waals surface area contributed by atoms with Gasteiger partial charge in [0.15, 0.2) is 0 Å². The van der Waals surface area contributed by atoms with Gasteiger partial charge in [0.2, 0.25) is 5.91 Å². The van der Waals surface area contributed by atoms with Crippen LogP contribution >= 0.6 is 21.6 Å². The Morgan fingerprint density at radius 1 is 1.24 bits per heavy atom. The van der Waals surface area contributed by atoms with Gasteiger partial charge in [-0.05, 0) is 50.2 Å². The molecule has 2 atom stereocenters. The zero-order chi connectivity index (χ0) is 17.1. The van der Waals surface area contributed by atoms with Gasteiger partial charge in [-0.2, -0.15) is 0 Å². The Morgan fingerprint density at radius 3 is 3.04 bits per heavy atom. The smallest absolute Gasteiger partial charge is 0.220 e. The fraction of sp³-hybridized carbons (Fsp3) is 0.550. The second-order valence-electron chi connectivity index (χ2n) is 7.15. The highest BCUT2D eigenvalue weighted by atomic mass is 33.1. The van der Waals surface area contributed by atoms with Crippen LogP contribution in [0.25, 0.3) is 10.9 Å². The third-order valence-corrected chi connectivity index (χ3v) is 8.36. The molecule has 1 amide bonds. The monoisotopic (exact) mass is 374 g/mol. The molecule has 0 radical (unpaired) electrons. The molecule has 1 aromatic heterocycles. The largest absolute Gasteiger partial charge is 0.356 e. The summed E-state index contributed by atoms with van der Waals surface area (Å²) in [5, 5.41) is 5.43. The summed E-state index contributed by atoms with van der Waals surface area (Å²) in [7, 11) is 4.03. The molecule has 5 heteroatoms. The van der Waals surface area contributed by atoms with Crippen LogP contribution in [0.3, 0.4) is 0 Å². The van der Waals surface area contributed by atoms with Crippen LogP contribution < -0.4 is 5.32 Å². The first-order valence-corrected chi connectivity index (χ1v) is 11.9. The van der Waals surface area contributed by atoms with Crippen LogP contribution in [-0.2, 0) is 11.2 Å². The molecule has 1 saturated heterocycles. The van der Waals surface area contributed by atoms with Crippen LogP contribution in [0.2, 0.25) is 0 Å². The summed E-state index contributed by atoms with van der Waals surface area (Å²) < 4.78 is 0. The maximum Gasteiger partial charge on any atom is 0.220 e.